The van der Waals surface area contributed by atoms with Crippen molar-refractivity contribution in [2.45, 2.75) is 57.2 Å². The molecule has 2 aromatic rings. The van der Waals surface area contributed by atoms with E-state index in [-0.39, 0.29) is 30.7 Å². The van der Waals surface area contributed by atoms with E-state index < -0.39 is 11.7 Å². The van der Waals surface area contributed by atoms with E-state index >= 15 is 0 Å². The molecule has 1 aliphatic rings. The first-order chi connectivity index (χ1) is 12.4. The summed E-state index contributed by atoms with van der Waals surface area (Å²) in [4.78, 5) is 11.9. The summed E-state index contributed by atoms with van der Waals surface area (Å²) in [6.45, 7) is 0. The van der Waals surface area contributed by atoms with Crippen molar-refractivity contribution < 1.29 is 22.4 Å². The Morgan fingerprint density at radius 2 is 1.92 bits per heavy atom. The lowest BCUT2D eigenvalue weighted by Crippen LogP contribution is -2.32. The average Bonchev–Trinajstić information content (AvgIpc) is 3.24. The predicted molar refractivity (Wildman–Crippen MR) is 87.3 cm³/mol. The lowest BCUT2D eigenvalue weighted by molar-refractivity contribution is -0.137. The summed E-state index contributed by atoms with van der Waals surface area (Å²) >= 11 is 0. The third-order valence-corrected chi connectivity index (χ3v) is 4.40. The first-order valence-electron chi connectivity index (χ1n) is 8.67. The van der Waals surface area contributed by atoms with Gasteiger partial charge in [-0.1, -0.05) is 31.0 Å². The minimum absolute atomic E-state index is 0.0467. The molecule has 0 unspecified atom stereocenters. The van der Waals surface area contributed by atoms with Gasteiger partial charge in [-0.3, -0.25) is 4.79 Å². The third kappa shape index (κ3) is 5.06. The molecule has 0 spiro atoms. The number of nitrogens with zero attached hydrogens (tertiary/aromatic N) is 2. The molecular formula is C18H20F3N3O2. The molecule has 3 rings (SSSR count). The van der Waals surface area contributed by atoms with Gasteiger partial charge < -0.3 is 9.73 Å². The molecule has 0 aliphatic heterocycles. The van der Waals surface area contributed by atoms with Crippen molar-refractivity contribution >= 4 is 5.91 Å². The Labute approximate surface area is 149 Å². The molecule has 0 bridgehead atoms. The maximum atomic E-state index is 12.7. The van der Waals surface area contributed by atoms with Crippen LogP contribution in [-0.2, 0) is 23.8 Å². The summed E-state index contributed by atoms with van der Waals surface area (Å²) in [6, 6.07) is 5.28. The number of aryl methyl sites for hydroxylation is 1. The molecule has 1 N–H and O–H groups in total. The second-order valence-corrected chi connectivity index (χ2v) is 6.51. The van der Waals surface area contributed by atoms with Gasteiger partial charge in [-0.15, -0.1) is 10.2 Å². The second-order valence-electron chi connectivity index (χ2n) is 6.51. The molecule has 8 heteroatoms. The van der Waals surface area contributed by atoms with Crippen molar-refractivity contribution in [3.05, 3.63) is 47.2 Å². The monoisotopic (exact) mass is 367 g/mol. The fourth-order valence-electron chi connectivity index (χ4n) is 3.08. The van der Waals surface area contributed by atoms with E-state index in [1.807, 2.05) is 0 Å². The minimum Gasteiger partial charge on any atom is -0.425 e. The molecule has 1 aromatic heterocycles. The Morgan fingerprint density at radius 3 is 2.65 bits per heavy atom. The SMILES string of the molecule is O=C(CCc1nnc(Cc2cccc(C(F)(F)F)c2)o1)NC1CCCC1. The van der Waals surface area contributed by atoms with Crippen LogP contribution in [0.4, 0.5) is 13.2 Å². The van der Waals surface area contributed by atoms with Crippen molar-refractivity contribution in [2.24, 2.45) is 0 Å². The number of hydrogen-bond acceptors (Lipinski definition) is 4. The van der Waals surface area contributed by atoms with E-state index in [0.29, 0.717) is 17.9 Å². The molecular weight excluding hydrogens is 347 g/mol. The highest BCUT2D eigenvalue weighted by molar-refractivity contribution is 5.76. The number of alkyl halides is 3. The molecule has 1 aromatic carbocycles. The summed E-state index contributed by atoms with van der Waals surface area (Å²) in [6.07, 6.45) is 0.631. The number of carbonyl (C=O) groups excluding carboxylic acids is 1. The summed E-state index contributed by atoms with van der Waals surface area (Å²) in [5.41, 5.74) is -0.271. The minimum atomic E-state index is -4.39. The quantitative estimate of drug-likeness (QED) is 0.846. The smallest absolute Gasteiger partial charge is 0.416 e. The first kappa shape index (κ1) is 18.4. The predicted octanol–water partition coefficient (Wildman–Crippen LogP) is 3.67. The van der Waals surface area contributed by atoms with Crippen molar-refractivity contribution in [3.63, 3.8) is 0 Å². The summed E-state index contributed by atoms with van der Waals surface area (Å²) in [5.74, 6) is 0.499. The fraction of sp³-hybridized carbons (Fsp3) is 0.500. The lowest BCUT2D eigenvalue weighted by atomic mass is 10.1. The number of carbonyl (C=O) groups is 1. The zero-order chi connectivity index (χ0) is 18.6. The molecule has 5 nitrogen and oxygen atoms in total. The molecule has 0 atom stereocenters. The zero-order valence-corrected chi connectivity index (χ0v) is 14.2. The van der Waals surface area contributed by atoms with Gasteiger partial charge in [0.25, 0.3) is 0 Å². The number of amides is 1. The van der Waals surface area contributed by atoms with E-state index in [4.69, 9.17) is 4.42 Å². The van der Waals surface area contributed by atoms with Crippen LogP contribution in [0.2, 0.25) is 0 Å². The Bertz CT molecular complexity index is 752. The summed E-state index contributed by atoms with van der Waals surface area (Å²) in [5, 5.41) is 10.7. The van der Waals surface area contributed by atoms with Crippen LogP contribution in [0.1, 0.15) is 55.0 Å². The van der Waals surface area contributed by atoms with Crippen LogP contribution in [0.25, 0.3) is 0 Å². The van der Waals surface area contributed by atoms with Crippen LogP contribution < -0.4 is 5.32 Å². The zero-order valence-electron chi connectivity index (χ0n) is 14.2. The van der Waals surface area contributed by atoms with Crippen molar-refractivity contribution in [1.29, 1.82) is 0 Å². The highest BCUT2D eigenvalue weighted by atomic mass is 19.4. The highest BCUT2D eigenvalue weighted by Crippen LogP contribution is 2.29. The van der Waals surface area contributed by atoms with Crippen LogP contribution in [0.15, 0.2) is 28.7 Å². The van der Waals surface area contributed by atoms with Gasteiger partial charge in [0.1, 0.15) is 0 Å². The number of benzene rings is 1. The van der Waals surface area contributed by atoms with Crippen LogP contribution in [0, 0.1) is 0 Å². The number of aromatic nitrogens is 2. The Hall–Kier alpha value is -2.38. The van der Waals surface area contributed by atoms with E-state index in [9.17, 15) is 18.0 Å². The van der Waals surface area contributed by atoms with Crippen LogP contribution in [0.5, 0.6) is 0 Å². The Kier molecular flexibility index (Phi) is 5.58. The fourth-order valence-corrected chi connectivity index (χ4v) is 3.08. The molecule has 0 radical (unpaired) electrons. The number of hydrogen-bond donors (Lipinski definition) is 1. The van der Waals surface area contributed by atoms with Gasteiger partial charge in [0.2, 0.25) is 17.7 Å². The van der Waals surface area contributed by atoms with Gasteiger partial charge in [-0.25, -0.2) is 0 Å². The van der Waals surface area contributed by atoms with Crippen molar-refractivity contribution in [3.8, 4) is 0 Å². The standard InChI is InChI=1S/C18H20F3N3O2/c19-18(20,21)13-5-3-4-12(10-13)11-17-24-23-16(26-17)9-8-15(25)22-14-6-1-2-7-14/h3-5,10,14H,1-2,6-9,11H2,(H,22,25). The van der Waals surface area contributed by atoms with E-state index in [1.165, 1.54) is 6.07 Å². The molecule has 0 saturated heterocycles. The van der Waals surface area contributed by atoms with Crippen LogP contribution >= 0.6 is 0 Å². The van der Waals surface area contributed by atoms with Crippen LogP contribution in [0.3, 0.4) is 0 Å². The molecule has 140 valence electrons. The maximum Gasteiger partial charge on any atom is 0.416 e. The first-order valence-corrected chi connectivity index (χ1v) is 8.67. The van der Waals surface area contributed by atoms with E-state index in [2.05, 4.69) is 15.5 Å². The molecule has 26 heavy (non-hydrogen) atoms. The normalized spacial score (nSPS) is 15.3. The van der Waals surface area contributed by atoms with Crippen LogP contribution in [-0.4, -0.2) is 22.1 Å². The lowest BCUT2D eigenvalue weighted by Gasteiger charge is -2.10. The van der Waals surface area contributed by atoms with Gasteiger partial charge in [0, 0.05) is 18.9 Å². The van der Waals surface area contributed by atoms with Gasteiger partial charge in [0.15, 0.2) is 0 Å². The van der Waals surface area contributed by atoms with Gasteiger partial charge in [-0.05, 0) is 24.5 Å². The number of rotatable bonds is 6. The molecule has 1 aliphatic carbocycles. The Balaban J connectivity index is 1.52. The molecule has 1 saturated carbocycles. The van der Waals surface area contributed by atoms with Gasteiger partial charge in [-0.2, -0.15) is 13.2 Å². The molecule has 1 heterocycles. The van der Waals surface area contributed by atoms with Crippen molar-refractivity contribution in [2.75, 3.05) is 0 Å². The van der Waals surface area contributed by atoms with E-state index in [0.717, 1.165) is 37.8 Å². The molecule has 1 amide bonds. The van der Waals surface area contributed by atoms with E-state index in [1.54, 1.807) is 6.07 Å². The average molecular weight is 367 g/mol. The van der Waals surface area contributed by atoms with Gasteiger partial charge >= 0.3 is 6.18 Å². The summed E-state index contributed by atoms with van der Waals surface area (Å²) < 4.78 is 43.7. The second kappa shape index (κ2) is 7.88. The Morgan fingerprint density at radius 1 is 1.19 bits per heavy atom. The number of halogens is 3. The number of nitrogens with one attached hydrogen (secondary N) is 1. The highest BCUT2D eigenvalue weighted by Gasteiger charge is 2.30. The summed E-state index contributed by atoms with van der Waals surface area (Å²) in [7, 11) is 0. The van der Waals surface area contributed by atoms with Crippen molar-refractivity contribution in [1.82, 2.24) is 15.5 Å². The largest absolute Gasteiger partial charge is 0.425 e. The topological polar surface area (TPSA) is 68.0 Å². The maximum absolute atomic E-state index is 12.7. The third-order valence-electron chi connectivity index (χ3n) is 4.40. The molecule has 1 fully saturated rings. The van der Waals surface area contributed by atoms with Gasteiger partial charge in [0.05, 0.1) is 12.0 Å².